The third-order valence-corrected chi connectivity index (χ3v) is 4.22. The highest BCUT2D eigenvalue weighted by molar-refractivity contribution is 5.69. The summed E-state index contributed by atoms with van der Waals surface area (Å²) in [6.45, 7) is 5.87. The minimum Gasteiger partial charge on any atom is -0.469 e. The molecule has 104 valence electrons. The molecule has 0 aliphatic heterocycles. The molecule has 1 aromatic rings. The van der Waals surface area contributed by atoms with Gasteiger partial charge in [-0.1, -0.05) is 32.1 Å². The topological polar surface area (TPSA) is 39.4 Å². The molecule has 0 aromatic carbocycles. The molecular weight excluding hydrogens is 252 g/mol. The summed E-state index contributed by atoms with van der Waals surface area (Å²) in [7, 11) is 0. The van der Waals surface area contributed by atoms with Gasteiger partial charge in [-0.15, -0.1) is 0 Å². The summed E-state index contributed by atoms with van der Waals surface area (Å²) in [5.41, 5.74) is 2.20. The third kappa shape index (κ3) is 1.94. The van der Waals surface area contributed by atoms with Crippen molar-refractivity contribution in [2.75, 3.05) is 0 Å². The van der Waals surface area contributed by atoms with E-state index in [0.29, 0.717) is 6.42 Å². The molecule has 0 radical (unpaired) electrons. The van der Waals surface area contributed by atoms with Crippen LogP contribution in [0.5, 0.6) is 0 Å². The summed E-state index contributed by atoms with van der Waals surface area (Å²) in [6.07, 6.45) is 8.51. The number of hydrogen-bond donors (Lipinski definition) is 0. The monoisotopic (exact) mass is 270 g/mol. The zero-order chi connectivity index (χ0) is 14.3. The normalized spacial score (nSPS) is 23.6. The van der Waals surface area contributed by atoms with Crippen LogP contribution in [-0.2, 0) is 9.53 Å². The number of furan rings is 1. The van der Waals surface area contributed by atoms with Gasteiger partial charge in [-0.05, 0) is 17.7 Å². The standard InChI is InChI=1S/C17H18O3/c1-11(18)20-16-10-14(15-8-5-9-19-15)17(2,3)13-7-4-6-12(13)16/h4-9,14H,10H2,1-3H3. The zero-order valence-electron chi connectivity index (χ0n) is 12.0. The van der Waals surface area contributed by atoms with Crippen molar-refractivity contribution in [3.05, 3.63) is 59.3 Å². The van der Waals surface area contributed by atoms with E-state index in [0.717, 1.165) is 17.1 Å². The van der Waals surface area contributed by atoms with E-state index in [1.807, 2.05) is 24.3 Å². The van der Waals surface area contributed by atoms with Crippen molar-refractivity contribution in [3.63, 3.8) is 0 Å². The van der Waals surface area contributed by atoms with E-state index in [2.05, 4.69) is 19.9 Å². The van der Waals surface area contributed by atoms with E-state index in [-0.39, 0.29) is 17.3 Å². The van der Waals surface area contributed by atoms with Gasteiger partial charge in [0.25, 0.3) is 0 Å². The lowest BCUT2D eigenvalue weighted by atomic mass is 9.65. The molecule has 1 unspecified atom stereocenters. The van der Waals surface area contributed by atoms with Crippen molar-refractivity contribution in [3.8, 4) is 0 Å². The van der Waals surface area contributed by atoms with Crippen LogP contribution < -0.4 is 0 Å². The Kier molecular flexibility index (Phi) is 2.93. The molecule has 3 heteroatoms. The van der Waals surface area contributed by atoms with Gasteiger partial charge >= 0.3 is 5.97 Å². The lowest BCUT2D eigenvalue weighted by Crippen LogP contribution is -2.30. The van der Waals surface area contributed by atoms with Crippen molar-refractivity contribution in [2.24, 2.45) is 5.41 Å². The van der Waals surface area contributed by atoms with Gasteiger partial charge in [0.1, 0.15) is 11.5 Å². The fourth-order valence-corrected chi connectivity index (χ4v) is 3.18. The molecule has 0 saturated carbocycles. The van der Waals surface area contributed by atoms with Crippen LogP contribution in [0.25, 0.3) is 0 Å². The SMILES string of the molecule is CC(=O)OC1=C2C=CC=C2C(C)(C)C(c2ccco2)C1. The summed E-state index contributed by atoms with van der Waals surface area (Å²) in [6, 6.07) is 3.89. The van der Waals surface area contributed by atoms with Gasteiger partial charge in [0.2, 0.25) is 0 Å². The number of allylic oxidation sites excluding steroid dienone is 6. The van der Waals surface area contributed by atoms with E-state index in [1.54, 1.807) is 6.26 Å². The molecule has 2 aliphatic rings. The van der Waals surface area contributed by atoms with Crippen LogP contribution in [-0.4, -0.2) is 5.97 Å². The second-order valence-electron chi connectivity index (χ2n) is 5.86. The van der Waals surface area contributed by atoms with Crippen molar-refractivity contribution < 1.29 is 13.9 Å². The van der Waals surface area contributed by atoms with E-state index < -0.39 is 0 Å². The van der Waals surface area contributed by atoms with Crippen LogP contribution in [0.1, 0.15) is 38.9 Å². The van der Waals surface area contributed by atoms with Crippen molar-refractivity contribution >= 4 is 5.97 Å². The molecule has 3 rings (SSSR count). The summed E-state index contributed by atoms with van der Waals surface area (Å²) in [5.74, 6) is 1.58. The van der Waals surface area contributed by atoms with Crippen LogP contribution in [0.15, 0.2) is 57.9 Å². The number of ether oxygens (including phenoxy) is 1. The fraction of sp³-hybridized carbons (Fsp3) is 0.353. The van der Waals surface area contributed by atoms with Crippen molar-refractivity contribution in [2.45, 2.75) is 33.1 Å². The molecule has 0 N–H and O–H groups in total. The predicted octanol–water partition coefficient (Wildman–Crippen LogP) is 4.11. The highest BCUT2D eigenvalue weighted by atomic mass is 16.5. The Balaban J connectivity index is 2.07. The summed E-state index contributed by atoms with van der Waals surface area (Å²) in [5, 5.41) is 0. The first kappa shape index (κ1) is 13.0. The second-order valence-corrected chi connectivity index (χ2v) is 5.86. The Bertz CT molecular complexity index is 627. The Morgan fingerprint density at radius 2 is 2.25 bits per heavy atom. The predicted molar refractivity (Wildman–Crippen MR) is 75.9 cm³/mol. The van der Waals surface area contributed by atoms with Crippen molar-refractivity contribution in [1.29, 1.82) is 0 Å². The number of fused-ring (bicyclic) bond motifs is 1. The largest absolute Gasteiger partial charge is 0.469 e. The maximum Gasteiger partial charge on any atom is 0.307 e. The van der Waals surface area contributed by atoms with Crippen LogP contribution in [0.3, 0.4) is 0 Å². The molecule has 1 aromatic heterocycles. The Hall–Kier alpha value is -2.03. The Morgan fingerprint density at radius 3 is 2.90 bits per heavy atom. The highest BCUT2D eigenvalue weighted by Gasteiger charge is 2.43. The molecule has 20 heavy (non-hydrogen) atoms. The molecule has 1 atom stereocenters. The molecule has 2 aliphatic carbocycles. The molecule has 0 amide bonds. The Labute approximate surface area is 118 Å². The molecule has 0 bridgehead atoms. The minimum absolute atomic E-state index is 0.0552. The van der Waals surface area contributed by atoms with Gasteiger partial charge in [0, 0.05) is 30.3 Å². The van der Waals surface area contributed by atoms with Gasteiger partial charge in [-0.2, -0.15) is 0 Å². The number of esters is 1. The zero-order valence-corrected chi connectivity index (χ0v) is 12.0. The molecule has 0 spiro atoms. The van der Waals surface area contributed by atoms with Gasteiger partial charge in [-0.3, -0.25) is 4.79 Å². The maximum absolute atomic E-state index is 11.3. The van der Waals surface area contributed by atoms with E-state index in [4.69, 9.17) is 9.15 Å². The summed E-state index contributed by atoms with van der Waals surface area (Å²) < 4.78 is 11.0. The average Bonchev–Trinajstić information content (AvgIpc) is 3.02. The van der Waals surface area contributed by atoms with Gasteiger partial charge in [-0.25, -0.2) is 0 Å². The minimum atomic E-state index is -0.273. The average molecular weight is 270 g/mol. The molecule has 0 fully saturated rings. The number of carbonyl (C=O) groups excluding carboxylic acids is 1. The first-order valence-electron chi connectivity index (χ1n) is 6.84. The molecule has 1 heterocycles. The maximum atomic E-state index is 11.3. The quantitative estimate of drug-likeness (QED) is 0.759. The first-order chi connectivity index (χ1) is 9.50. The molecular formula is C17H18O3. The smallest absolute Gasteiger partial charge is 0.307 e. The molecule has 3 nitrogen and oxygen atoms in total. The molecule has 0 saturated heterocycles. The number of carbonyl (C=O) groups is 1. The third-order valence-electron chi connectivity index (χ3n) is 4.22. The van der Waals surface area contributed by atoms with E-state index >= 15 is 0 Å². The van der Waals surface area contributed by atoms with Gasteiger partial charge < -0.3 is 9.15 Å². The summed E-state index contributed by atoms with van der Waals surface area (Å²) in [4.78, 5) is 11.3. The highest BCUT2D eigenvalue weighted by Crippen LogP contribution is 2.53. The fourth-order valence-electron chi connectivity index (χ4n) is 3.18. The van der Waals surface area contributed by atoms with Crippen LogP contribution in [0.4, 0.5) is 0 Å². The van der Waals surface area contributed by atoms with Crippen LogP contribution in [0, 0.1) is 5.41 Å². The van der Waals surface area contributed by atoms with Gasteiger partial charge in [0.15, 0.2) is 0 Å². The van der Waals surface area contributed by atoms with Crippen LogP contribution in [0.2, 0.25) is 0 Å². The first-order valence-corrected chi connectivity index (χ1v) is 6.84. The van der Waals surface area contributed by atoms with E-state index in [9.17, 15) is 4.79 Å². The van der Waals surface area contributed by atoms with Crippen molar-refractivity contribution in [1.82, 2.24) is 0 Å². The lowest BCUT2D eigenvalue weighted by molar-refractivity contribution is -0.137. The van der Waals surface area contributed by atoms with E-state index in [1.165, 1.54) is 12.5 Å². The van der Waals surface area contributed by atoms with Crippen LogP contribution >= 0.6 is 0 Å². The number of hydrogen-bond acceptors (Lipinski definition) is 3. The second kappa shape index (κ2) is 4.51. The lowest BCUT2D eigenvalue weighted by Gasteiger charge is -2.40. The summed E-state index contributed by atoms with van der Waals surface area (Å²) >= 11 is 0. The number of rotatable bonds is 2. The van der Waals surface area contributed by atoms with Gasteiger partial charge in [0.05, 0.1) is 6.26 Å². The Morgan fingerprint density at radius 1 is 1.45 bits per heavy atom.